The van der Waals surface area contributed by atoms with Gasteiger partial charge in [-0.3, -0.25) is 0 Å². The third-order valence-corrected chi connectivity index (χ3v) is 5.23. The normalized spacial score (nSPS) is 25.9. The molecule has 98 valence electrons. The van der Waals surface area contributed by atoms with Crippen molar-refractivity contribution >= 4 is 11.8 Å². The molecular formula is C15H20O2S. The molecule has 1 aromatic carbocycles. The Bertz CT molecular complexity index is 413. The van der Waals surface area contributed by atoms with Gasteiger partial charge in [0.05, 0.1) is 11.7 Å². The van der Waals surface area contributed by atoms with E-state index in [1.807, 2.05) is 18.2 Å². The van der Waals surface area contributed by atoms with Gasteiger partial charge in [0, 0.05) is 10.6 Å². The number of hydrogen-bond acceptors (Lipinski definition) is 3. The lowest BCUT2D eigenvalue weighted by Crippen LogP contribution is -2.25. The molecular weight excluding hydrogens is 244 g/mol. The van der Waals surface area contributed by atoms with E-state index in [1.165, 1.54) is 38.5 Å². The first kappa shape index (κ1) is 12.4. The van der Waals surface area contributed by atoms with Gasteiger partial charge >= 0.3 is 0 Å². The zero-order chi connectivity index (χ0) is 12.4. The minimum Gasteiger partial charge on any atom is -0.508 e. The zero-order valence-electron chi connectivity index (χ0n) is 10.6. The first-order chi connectivity index (χ1) is 8.76. The summed E-state index contributed by atoms with van der Waals surface area (Å²) >= 11 is 1.79. The number of ether oxygens (including phenoxy) is 1. The summed E-state index contributed by atoms with van der Waals surface area (Å²) in [4.78, 5) is 1.13. The average Bonchev–Trinajstić information content (AvgIpc) is 2.98. The summed E-state index contributed by atoms with van der Waals surface area (Å²) in [5.41, 5.74) is 0.240. The molecule has 3 rings (SSSR count). The third-order valence-electron chi connectivity index (χ3n) is 4.11. The van der Waals surface area contributed by atoms with E-state index in [-0.39, 0.29) is 5.60 Å². The standard InChI is InChI=1S/C15H20O2S/c16-12-4-3-5-14(10-12)18-11-13-6-9-15(17-13)7-1-2-8-15/h3-5,10,13,16H,1-2,6-9,11H2. The van der Waals surface area contributed by atoms with Crippen LogP contribution in [0.25, 0.3) is 0 Å². The van der Waals surface area contributed by atoms with Crippen LogP contribution in [0, 0.1) is 0 Å². The van der Waals surface area contributed by atoms with Gasteiger partial charge in [0.2, 0.25) is 0 Å². The van der Waals surface area contributed by atoms with Crippen molar-refractivity contribution in [2.75, 3.05) is 5.75 Å². The lowest BCUT2D eigenvalue weighted by molar-refractivity contribution is -0.0267. The van der Waals surface area contributed by atoms with Gasteiger partial charge in [0.25, 0.3) is 0 Å². The summed E-state index contributed by atoms with van der Waals surface area (Å²) in [5.74, 6) is 1.35. The molecule has 2 aliphatic rings. The van der Waals surface area contributed by atoms with Crippen LogP contribution in [-0.2, 0) is 4.74 Å². The van der Waals surface area contributed by atoms with Crippen molar-refractivity contribution < 1.29 is 9.84 Å². The Morgan fingerprint density at radius 3 is 2.89 bits per heavy atom. The van der Waals surface area contributed by atoms with Crippen LogP contribution >= 0.6 is 11.8 Å². The predicted octanol–water partition coefficient (Wildman–Crippen LogP) is 3.98. The summed E-state index contributed by atoms with van der Waals surface area (Å²) in [5, 5.41) is 9.43. The second kappa shape index (κ2) is 5.14. The number of thioether (sulfide) groups is 1. The number of hydrogen-bond donors (Lipinski definition) is 1. The van der Waals surface area contributed by atoms with Crippen molar-refractivity contribution in [3.8, 4) is 5.75 Å². The highest BCUT2D eigenvalue weighted by Gasteiger charge is 2.41. The molecule has 1 aromatic rings. The molecule has 3 heteroatoms. The van der Waals surface area contributed by atoms with Crippen LogP contribution in [0.1, 0.15) is 38.5 Å². The van der Waals surface area contributed by atoms with Gasteiger partial charge in [-0.25, -0.2) is 0 Å². The molecule has 1 aliphatic heterocycles. The van der Waals surface area contributed by atoms with Crippen LogP contribution in [0.4, 0.5) is 0 Å². The smallest absolute Gasteiger partial charge is 0.116 e. The van der Waals surface area contributed by atoms with Crippen LogP contribution in [0.15, 0.2) is 29.2 Å². The molecule has 1 saturated heterocycles. The highest BCUT2D eigenvalue weighted by atomic mass is 32.2. The Balaban J connectivity index is 1.52. The maximum absolute atomic E-state index is 9.43. The molecule has 1 heterocycles. The van der Waals surface area contributed by atoms with E-state index in [0.717, 1.165) is 10.6 Å². The van der Waals surface area contributed by atoms with E-state index in [0.29, 0.717) is 11.9 Å². The fourth-order valence-electron chi connectivity index (χ4n) is 3.16. The molecule has 1 spiro atoms. The maximum Gasteiger partial charge on any atom is 0.116 e. The molecule has 0 aromatic heterocycles. The van der Waals surface area contributed by atoms with Gasteiger partial charge in [-0.05, 0) is 43.9 Å². The van der Waals surface area contributed by atoms with Crippen molar-refractivity contribution in [2.45, 2.75) is 55.1 Å². The zero-order valence-corrected chi connectivity index (χ0v) is 11.4. The Morgan fingerprint density at radius 2 is 2.11 bits per heavy atom. The van der Waals surface area contributed by atoms with E-state index >= 15 is 0 Å². The second-order valence-electron chi connectivity index (χ2n) is 5.48. The molecule has 1 atom stereocenters. The topological polar surface area (TPSA) is 29.5 Å². The van der Waals surface area contributed by atoms with Gasteiger partial charge in [-0.15, -0.1) is 11.8 Å². The Morgan fingerprint density at radius 1 is 1.28 bits per heavy atom. The summed E-state index contributed by atoms with van der Waals surface area (Å²) in [6, 6.07) is 7.48. The SMILES string of the molecule is Oc1cccc(SCC2CCC3(CCCC3)O2)c1. The number of phenols is 1. The Labute approximate surface area is 113 Å². The summed E-state index contributed by atoms with van der Waals surface area (Å²) in [6.07, 6.45) is 8.05. The fraction of sp³-hybridized carbons (Fsp3) is 0.600. The van der Waals surface area contributed by atoms with Gasteiger partial charge in [-0.2, -0.15) is 0 Å². The fourth-order valence-corrected chi connectivity index (χ4v) is 4.15. The van der Waals surface area contributed by atoms with Crippen molar-refractivity contribution in [1.29, 1.82) is 0 Å². The highest BCUT2D eigenvalue weighted by Crippen LogP contribution is 2.44. The highest BCUT2D eigenvalue weighted by molar-refractivity contribution is 7.99. The first-order valence-corrected chi connectivity index (χ1v) is 7.84. The minimum absolute atomic E-state index is 0.240. The molecule has 2 nitrogen and oxygen atoms in total. The van der Waals surface area contributed by atoms with E-state index in [9.17, 15) is 5.11 Å². The van der Waals surface area contributed by atoms with Gasteiger partial charge in [0.15, 0.2) is 0 Å². The van der Waals surface area contributed by atoms with Crippen molar-refractivity contribution in [3.63, 3.8) is 0 Å². The molecule has 0 radical (unpaired) electrons. The monoisotopic (exact) mass is 264 g/mol. The molecule has 1 aliphatic carbocycles. The summed E-state index contributed by atoms with van der Waals surface area (Å²) in [7, 11) is 0. The number of phenolic OH excluding ortho intramolecular Hbond substituents is 1. The van der Waals surface area contributed by atoms with Crippen LogP contribution in [0.5, 0.6) is 5.75 Å². The van der Waals surface area contributed by atoms with Gasteiger partial charge in [-0.1, -0.05) is 18.9 Å². The molecule has 2 fully saturated rings. The molecule has 1 N–H and O–H groups in total. The average molecular weight is 264 g/mol. The molecule has 1 unspecified atom stereocenters. The van der Waals surface area contributed by atoms with Crippen LogP contribution in [-0.4, -0.2) is 22.6 Å². The van der Waals surface area contributed by atoms with Gasteiger partial charge < -0.3 is 9.84 Å². The lowest BCUT2D eigenvalue weighted by Gasteiger charge is -2.23. The summed E-state index contributed by atoms with van der Waals surface area (Å²) in [6.45, 7) is 0. The van der Waals surface area contributed by atoms with E-state index in [2.05, 4.69) is 0 Å². The first-order valence-electron chi connectivity index (χ1n) is 6.85. The maximum atomic E-state index is 9.43. The minimum atomic E-state index is 0.240. The molecule has 18 heavy (non-hydrogen) atoms. The quantitative estimate of drug-likeness (QED) is 0.837. The largest absolute Gasteiger partial charge is 0.508 e. The second-order valence-corrected chi connectivity index (χ2v) is 6.57. The number of benzene rings is 1. The number of rotatable bonds is 3. The molecule has 0 amide bonds. The van der Waals surface area contributed by atoms with E-state index < -0.39 is 0 Å². The van der Waals surface area contributed by atoms with E-state index in [4.69, 9.17) is 4.74 Å². The predicted molar refractivity (Wildman–Crippen MR) is 74.1 cm³/mol. The molecule has 1 saturated carbocycles. The van der Waals surface area contributed by atoms with E-state index in [1.54, 1.807) is 17.8 Å². The van der Waals surface area contributed by atoms with Crippen LogP contribution in [0.2, 0.25) is 0 Å². The third kappa shape index (κ3) is 2.67. The summed E-state index contributed by atoms with van der Waals surface area (Å²) < 4.78 is 6.28. The lowest BCUT2D eigenvalue weighted by atomic mass is 9.98. The Hall–Kier alpha value is -0.670. The van der Waals surface area contributed by atoms with Crippen molar-refractivity contribution in [2.24, 2.45) is 0 Å². The van der Waals surface area contributed by atoms with Crippen molar-refractivity contribution in [3.05, 3.63) is 24.3 Å². The van der Waals surface area contributed by atoms with Crippen LogP contribution in [0.3, 0.4) is 0 Å². The molecule has 0 bridgehead atoms. The van der Waals surface area contributed by atoms with Crippen molar-refractivity contribution in [1.82, 2.24) is 0 Å². The Kier molecular flexibility index (Phi) is 3.53. The number of aromatic hydroxyl groups is 1. The van der Waals surface area contributed by atoms with Gasteiger partial charge in [0.1, 0.15) is 5.75 Å². The van der Waals surface area contributed by atoms with Crippen LogP contribution < -0.4 is 0 Å².